The van der Waals surface area contributed by atoms with Crippen LogP contribution in [0.3, 0.4) is 0 Å². The van der Waals surface area contributed by atoms with Crippen LogP contribution in [-0.2, 0) is 4.79 Å². The highest BCUT2D eigenvalue weighted by atomic mass is 16.2. The predicted molar refractivity (Wildman–Crippen MR) is 65.1 cm³/mol. The zero-order valence-corrected chi connectivity index (χ0v) is 10.5. The predicted octanol–water partition coefficient (Wildman–Crippen LogP) is 1.54. The van der Waals surface area contributed by atoms with Gasteiger partial charge in [-0.15, -0.1) is 0 Å². The van der Waals surface area contributed by atoms with Gasteiger partial charge in [0.05, 0.1) is 5.92 Å². The normalized spacial score (nSPS) is 23.7. The molecule has 92 valence electrons. The molecule has 0 aromatic heterocycles. The van der Waals surface area contributed by atoms with Crippen LogP contribution in [0.15, 0.2) is 0 Å². The Kier molecular flexibility index (Phi) is 3.53. The molecule has 2 N–H and O–H groups in total. The maximum atomic E-state index is 11.7. The molecule has 1 amide bonds. The minimum Gasteiger partial charge on any atom is -0.355 e. The Morgan fingerprint density at radius 2 is 2.12 bits per heavy atom. The molecule has 0 atom stereocenters. The second kappa shape index (κ2) is 4.74. The van der Waals surface area contributed by atoms with Crippen molar-refractivity contribution in [2.24, 2.45) is 17.3 Å². The highest BCUT2D eigenvalue weighted by Gasteiger charge is 2.38. The van der Waals surface area contributed by atoms with Crippen LogP contribution in [-0.4, -0.2) is 25.5 Å². The van der Waals surface area contributed by atoms with Crippen LogP contribution in [0.2, 0.25) is 0 Å². The first kappa shape index (κ1) is 11.9. The van der Waals surface area contributed by atoms with Gasteiger partial charge in [0.1, 0.15) is 0 Å². The molecule has 2 fully saturated rings. The number of nitrogens with one attached hydrogen (secondary N) is 2. The van der Waals surface area contributed by atoms with Crippen LogP contribution in [0.25, 0.3) is 0 Å². The average molecular weight is 224 g/mol. The number of carbonyl (C=O) groups is 1. The third-order valence-electron chi connectivity index (χ3n) is 4.05. The highest BCUT2D eigenvalue weighted by Crippen LogP contribution is 2.45. The van der Waals surface area contributed by atoms with Gasteiger partial charge in [-0.2, -0.15) is 0 Å². The molecule has 3 heteroatoms. The summed E-state index contributed by atoms with van der Waals surface area (Å²) < 4.78 is 0. The Morgan fingerprint density at radius 3 is 2.50 bits per heavy atom. The van der Waals surface area contributed by atoms with Crippen molar-refractivity contribution in [2.45, 2.75) is 39.5 Å². The van der Waals surface area contributed by atoms with Crippen molar-refractivity contribution in [1.29, 1.82) is 0 Å². The molecule has 1 saturated heterocycles. The lowest BCUT2D eigenvalue weighted by atomic mass is 9.64. The zero-order valence-electron chi connectivity index (χ0n) is 10.5. The minimum atomic E-state index is 0.233. The lowest BCUT2D eigenvalue weighted by Crippen LogP contribution is -2.53. The number of hydrogen-bond donors (Lipinski definition) is 2. The van der Waals surface area contributed by atoms with Gasteiger partial charge in [0, 0.05) is 19.6 Å². The van der Waals surface area contributed by atoms with Crippen molar-refractivity contribution in [3.63, 3.8) is 0 Å². The van der Waals surface area contributed by atoms with Crippen LogP contribution in [0, 0.1) is 17.3 Å². The molecule has 0 aromatic carbocycles. The second-order valence-corrected chi connectivity index (χ2v) is 6.02. The van der Waals surface area contributed by atoms with Crippen molar-refractivity contribution in [3.05, 3.63) is 0 Å². The third-order valence-corrected chi connectivity index (χ3v) is 4.05. The fourth-order valence-electron chi connectivity index (χ4n) is 2.89. The quantitative estimate of drug-likeness (QED) is 0.743. The summed E-state index contributed by atoms with van der Waals surface area (Å²) in [5, 5.41) is 6.29. The van der Waals surface area contributed by atoms with Gasteiger partial charge < -0.3 is 10.6 Å². The molecule has 1 aliphatic carbocycles. The van der Waals surface area contributed by atoms with Gasteiger partial charge in [0.25, 0.3) is 0 Å². The first-order chi connectivity index (χ1) is 7.61. The summed E-state index contributed by atoms with van der Waals surface area (Å²) in [5.74, 6) is 1.23. The number of hydrogen-bond acceptors (Lipinski definition) is 2. The SMILES string of the molecule is CC(C)CC1(CNC(=O)C2CNC2)CCC1. The molecule has 0 aromatic rings. The van der Waals surface area contributed by atoms with E-state index in [1.54, 1.807) is 0 Å². The molecule has 0 spiro atoms. The summed E-state index contributed by atoms with van der Waals surface area (Å²) in [6.07, 6.45) is 5.20. The summed E-state index contributed by atoms with van der Waals surface area (Å²) in [6.45, 7) is 7.18. The van der Waals surface area contributed by atoms with E-state index in [2.05, 4.69) is 24.5 Å². The summed E-state index contributed by atoms with van der Waals surface area (Å²) in [7, 11) is 0. The van der Waals surface area contributed by atoms with Crippen molar-refractivity contribution < 1.29 is 4.79 Å². The van der Waals surface area contributed by atoms with E-state index in [1.165, 1.54) is 25.7 Å². The Balaban J connectivity index is 1.76. The van der Waals surface area contributed by atoms with Crippen LogP contribution >= 0.6 is 0 Å². The van der Waals surface area contributed by atoms with Crippen LogP contribution < -0.4 is 10.6 Å². The standard InChI is InChI=1S/C13H24N2O/c1-10(2)6-13(4-3-5-13)9-15-12(16)11-7-14-8-11/h10-11,14H,3-9H2,1-2H3,(H,15,16). The number of carbonyl (C=O) groups excluding carboxylic acids is 1. The lowest BCUT2D eigenvalue weighted by Gasteiger charge is -2.44. The molecular weight excluding hydrogens is 200 g/mol. The highest BCUT2D eigenvalue weighted by molar-refractivity contribution is 5.80. The molecule has 2 aliphatic rings. The molecule has 3 nitrogen and oxygen atoms in total. The summed E-state index contributed by atoms with van der Waals surface area (Å²) in [4.78, 5) is 11.7. The van der Waals surface area contributed by atoms with Crippen molar-refractivity contribution in [1.82, 2.24) is 10.6 Å². The van der Waals surface area contributed by atoms with Gasteiger partial charge in [-0.1, -0.05) is 20.3 Å². The number of amides is 1. The summed E-state index contributed by atoms with van der Waals surface area (Å²) in [5.41, 5.74) is 0.432. The van der Waals surface area contributed by atoms with E-state index in [4.69, 9.17) is 0 Å². The largest absolute Gasteiger partial charge is 0.355 e. The Hall–Kier alpha value is -0.570. The molecule has 0 unspecified atom stereocenters. The number of rotatable bonds is 5. The third kappa shape index (κ3) is 2.57. The summed E-state index contributed by atoms with van der Waals surface area (Å²) in [6, 6.07) is 0. The minimum absolute atomic E-state index is 0.233. The molecule has 16 heavy (non-hydrogen) atoms. The van der Waals surface area contributed by atoms with Gasteiger partial charge >= 0.3 is 0 Å². The summed E-state index contributed by atoms with van der Waals surface area (Å²) >= 11 is 0. The van der Waals surface area contributed by atoms with Crippen molar-refractivity contribution in [2.75, 3.05) is 19.6 Å². The van der Waals surface area contributed by atoms with E-state index in [1.807, 2.05) is 0 Å². The zero-order chi connectivity index (χ0) is 11.6. The van der Waals surface area contributed by atoms with Gasteiger partial charge in [0.15, 0.2) is 0 Å². The van der Waals surface area contributed by atoms with E-state index in [0.29, 0.717) is 5.41 Å². The van der Waals surface area contributed by atoms with Gasteiger partial charge in [0.2, 0.25) is 5.91 Å². The average Bonchev–Trinajstić information content (AvgIpc) is 2.05. The van der Waals surface area contributed by atoms with Gasteiger partial charge in [-0.25, -0.2) is 0 Å². The molecule has 2 rings (SSSR count). The van der Waals surface area contributed by atoms with E-state index >= 15 is 0 Å². The van der Waals surface area contributed by atoms with Gasteiger partial charge in [-0.05, 0) is 30.6 Å². The smallest absolute Gasteiger partial charge is 0.225 e. The van der Waals surface area contributed by atoms with Crippen LogP contribution in [0.4, 0.5) is 0 Å². The molecule has 1 aliphatic heterocycles. The maximum absolute atomic E-state index is 11.7. The van der Waals surface area contributed by atoms with E-state index in [-0.39, 0.29) is 11.8 Å². The second-order valence-electron chi connectivity index (χ2n) is 6.02. The van der Waals surface area contributed by atoms with E-state index < -0.39 is 0 Å². The van der Waals surface area contributed by atoms with Gasteiger partial charge in [-0.3, -0.25) is 4.79 Å². The fourth-order valence-corrected chi connectivity index (χ4v) is 2.89. The van der Waals surface area contributed by atoms with Crippen LogP contribution in [0.1, 0.15) is 39.5 Å². The Bertz CT molecular complexity index is 255. The maximum Gasteiger partial charge on any atom is 0.225 e. The molecule has 1 saturated carbocycles. The monoisotopic (exact) mass is 224 g/mol. The van der Waals surface area contributed by atoms with E-state index in [0.717, 1.165) is 25.6 Å². The van der Waals surface area contributed by atoms with E-state index in [9.17, 15) is 4.79 Å². The lowest BCUT2D eigenvalue weighted by molar-refractivity contribution is -0.127. The molecule has 1 heterocycles. The van der Waals surface area contributed by atoms with Crippen molar-refractivity contribution in [3.8, 4) is 0 Å². The first-order valence-corrected chi connectivity index (χ1v) is 6.60. The molecule has 0 bridgehead atoms. The van der Waals surface area contributed by atoms with Crippen molar-refractivity contribution >= 4 is 5.91 Å². The topological polar surface area (TPSA) is 41.1 Å². The molecule has 0 radical (unpaired) electrons. The first-order valence-electron chi connectivity index (χ1n) is 6.60. The fraction of sp³-hybridized carbons (Fsp3) is 0.923. The Morgan fingerprint density at radius 1 is 1.44 bits per heavy atom. The van der Waals surface area contributed by atoms with Crippen LogP contribution in [0.5, 0.6) is 0 Å². The Labute approximate surface area is 98.4 Å². The molecular formula is C13H24N2O.